The second-order valence-electron chi connectivity index (χ2n) is 10.3. The minimum Gasteiger partial charge on any atom is -0.367 e. The number of aromatic nitrogens is 2. The Kier molecular flexibility index (Phi) is 8.88. The maximum Gasteiger partial charge on any atom is 0.243 e. The molecule has 0 saturated heterocycles. The first-order chi connectivity index (χ1) is 16.5. The smallest absolute Gasteiger partial charge is 0.243 e. The fraction of sp³-hybridized carbons (Fsp3) is 0.577. The molecule has 3 rings (SSSR count). The summed E-state index contributed by atoms with van der Waals surface area (Å²) in [5.74, 6) is 1.21. The number of nitrogens with one attached hydrogen (secondary N) is 3. The quantitative estimate of drug-likeness (QED) is 0.303. The molecule has 0 amide bonds. The zero-order valence-corrected chi connectivity index (χ0v) is 22.5. The number of unbranched alkanes of at least 4 members (excludes halogenated alkanes) is 1. The van der Waals surface area contributed by atoms with Crippen LogP contribution < -0.4 is 10.6 Å². The Balaban J connectivity index is 1.87. The highest BCUT2D eigenvalue weighted by Gasteiger charge is 2.30. The van der Waals surface area contributed by atoms with Crippen molar-refractivity contribution >= 4 is 27.5 Å². The van der Waals surface area contributed by atoms with Crippen LogP contribution in [-0.2, 0) is 10.0 Å². The van der Waals surface area contributed by atoms with Crippen LogP contribution in [0.5, 0.6) is 0 Å². The monoisotopic (exact) mass is 500 g/mol. The predicted molar refractivity (Wildman–Crippen MR) is 143 cm³/mol. The van der Waals surface area contributed by atoms with Gasteiger partial charge >= 0.3 is 0 Å². The molecule has 0 spiro atoms. The van der Waals surface area contributed by atoms with Crippen molar-refractivity contribution in [3.05, 3.63) is 41.6 Å². The third-order valence-electron chi connectivity index (χ3n) is 6.56. The van der Waals surface area contributed by atoms with Gasteiger partial charge in [-0.1, -0.05) is 44.7 Å². The standard InChI is InChI=1S/C26H40N6O2S/c1-6-7-17-28-25-29-18-22(24(31-25)30-20-11-9-8-10-12-20)23(27)19-13-15-21(16-14-19)35(33,34)32(5)26(2,3)4/h13-16,18,20,27H,6-12,17H2,1-5H3,(H2,28,29,30,31). The van der Waals surface area contributed by atoms with Gasteiger partial charge in [0.1, 0.15) is 5.82 Å². The van der Waals surface area contributed by atoms with E-state index in [9.17, 15) is 8.42 Å². The second kappa shape index (κ2) is 11.5. The van der Waals surface area contributed by atoms with Crippen molar-refractivity contribution in [2.75, 3.05) is 24.2 Å². The van der Waals surface area contributed by atoms with Gasteiger partial charge in [-0.2, -0.15) is 9.29 Å². The summed E-state index contributed by atoms with van der Waals surface area (Å²) in [6.07, 6.45) is 9.62. The average Bonchev–Trinajstić information content (AvgIpc) is 2.83. The van der Waals surface area contributed by atoms with Crippen molar-refractivity contribution in [1.82, 2.24) is 14.3 Å². The molecule has 1 aromatic carbocycles. The van der Waals surface area contributed by atoms with Crippen molar-refractivity contribution in [2.45, 2.75) is 89.1 Å². The highest BCUT2D eigenvalue weighted by atomic mass is 32.2. The van der Waals surface area contributed by atoms with Gasteiger partial charge in [0.15, 0.2) is 0 Å². The lowest BCUT2D eigenvalue weighted by atomic mass is 9.95. The van der Waals surface area contributed by atoms with Crippen LogP contribution in [0.1, 0.15) is 83.8 Å². The predicted octanol–water partition coefficient (Wildman–Crippen LogP) is 5.27. The summed E-state index contributed by atoms with van der Waals surface area (Å²) in [6.45, 7) is 8.51. The number of anilines is 2. The number of nitrogens with zero attached hydrogens (tertiary/aromatic N) is 3. The Hall–Kier alpha value is -2.52. The first-order valence-corrected chi connectivity index (χ1v) is 14.0. The van der Waals surface area contributed by atoms with Crippen LogP contribution in [0.4, 0.5) is 11.8 Å². The van der Waals surface area contributed by atoms with Crippen LogP contribution in [0.2, 0.25) is 0 Å². The van der Waals surface area contributed by atoms with Crippen LogP contribution in [-0.4, -0.2) is 53.6 Å². The van der Waals surface area contributed by atoms with E-state index in [1.54, 1.807) is 37.5 Å². The molecule has 0 atom stereocenters. The summed E-state index contributed by atoms with van der Waals surface area (Å²) in [6, 6.07) is 6.83. The maximum absolute atomic E-state index is 13.0. The molecule has 0 radical (unpaired) electrons. The molecule has 1 saturated carbocycles. The molecule has 0 bridgehead atoms. The van der Waals surface area contributed by atoms with Gasteiger partial charge in [-0.05, 0) is 52.2 Å². The molecule has 1 aromatic heterocycles. The van der Waals surface area contributed by atoms with E-state index in [1.807, 2.05) is 20.8 Å². The van der Waals surface area contributed by atoms with Gasteiger partial charge in [-0.15, -0.1) is 0 Å². The summed E-state index contributed by atoms with van der Waals surface area (Å²) < 4.78 is 27.3. The summed E-state index contributed by atoms with van der Waals surface area (Å²) >= 11 is 0. The summed E-state index contributed by atoms with van der Waals surface area (Å²) in [5, 5.41) is 15.7. The van der Waals surface area contributed by atoms with E-state index in [0.29, 0.717) is 28.9 Å². The van der Waals surface area contributed by atoms with E-state index < -0.39 is 15.6 Å². The molecule has 3 N–H and O–H groups in total. The topological polar surface area (TPSA) is 111 Å². The van der Waals surface area contributed by atoms with Crippen LogP contribution >= 0.6 is 0 Å². The van der Waals surface area contributed by atoms with Crippen molar-refractivity contribution in [3.8, 4) is 0 Å². The highest BCUT2D eigenvalue weighted by Crippen LogP contribution is 2.26. The van der Waals surface area contributed by atoms with Gasteiger partial charge in [0, 0.05) is 36.9 Å². The summed E-state index contributed by atoms with van der Waals surface area (Å²) in [7, 11) is -2.05. The number of sulfonamides is 1. The lowest BCUT2D eigenvalue weighted by molar-refractivity contribution is 0.292. The normalized spacial score (nSPS) is 15.3. The zero-order valence-electron chi connectivity index (χ0n) is 21.7. The molecule has 8 nitrogen and oxygen atoms in total. The van der Waals surface area contributed by atoms with Gasteiger partial charge < -0.3 is 10.6 Å². The number of rotatable bonds is 10. The molecule has 1 aliphatic carbocycles. The second-order valence-corrected chi connectivity index (χ2v) is 12.2. The number of hydrogen-bond donors (Lipinski definition) is 3. The van der Waals surface area contributed by atoms with Gasteiger partial charge in [-0.3, -0.25) is 5.41 Å². The van der Waals surface area contributed by atoms with E-state index in [-0.39, 0.29) is 10.6 Å². The lowest BCUT2D eigenvalue weighted by Gasteiger charge is -2.30. The van der Waals surface area contributed by atoms with Gasteiger partial charge in [-0.25, -0.2) is 13.4 Å². The Morgan fingerprint density at radius 2 is 1.80 bits per heavy atom. The lowest BCUT2D eigenvalue weighted by Crippen LogP contribution is -2.42. The summed E-state index contributed by atoms with van der Waals surface area (Å²) in [4.78, 5) is 9.37. The molecule has 1 fully saturated rings. The number of benzene rings is 1. The highest BCUT2D eigenvalue weighted by molar-refractivity contribution is 7.89. The van der Waals surface area contributed by atoms with Crippen LogP contribution in [0.3, 0.4) is 0 Å². The van der Waals surface area contributed by atoms with Crippen LogP contribution in [0.25, 0.3) is 0 Å². The van der Waals surface area contributed by atoms with E-state index in [0.717, 1.165) is 32.2 Å². The molecule has 0 unspecified atom stereocenters. The SMILES string of the molecule is CCCCNc1ncc(C(=N)c2ccc(S(=O)(=O)N(C)C(C)(C)C)cc2)c(NC2CCCCC2)n1. The molecule has 9 heteroatoms. The minimum atomic E-state index is -3.63. The van der Waals surface area contributed by atoms with Crippen molar-refractivity contribution in [3.63, 3.8) is 0 Å². The van der Waals surface area contributed by atoms with Gasteiger partial charge in [0.2, 0.25) is 16.0 Å². The molecule has 2 aromatic rings. The third-order valence-corrected chi connectivity index (χ3v) is 8.70. The van der Waals surface area contributed by atoms with Crippen LogP contribution in [0.15, 0.2) is 35.4 Å². The van der Waals surface area contributed by atoms with E-state index in [2.05, 4.69) is 22.5 Å². The number of hydrogen-bond acceptors (Lipinski definition) is 7. The third kappa shape index (κ3) is 6.79. The molecule has 35 heavy (non-hydrogen) atoms. The molecule has 0 aliphatic heterocycles. The minimum absolute atomic E-state index is 0.207. The molecule has 192 valence electrons. The van der Waals surface area contributed by atoms with Crippen LogP contribution in [0, 0.1) is 5.41 Å². The van der Waals surface area contributed by atoms with E-state index >= 15 is 0 Å². The Labute approximate surface area is 210 Å². The first kappa shape index (κ1) is 27.1. The first-order valence-electron chi connectivity index (χ1n) is 12.6. The largest absolute Gasteiger partial charge is 0.367 e. The molecule has 1 heterocycles. The fourth-order valence-corrected chi connectivity index (χ4v) is 5.56. The maximum atomic E-state index is 13.0. The fourth-order valence-electron chi connectivity index (χ4n) is 4.04. The Bertz CT molecular complexity index is 1100. The van der Waals surface area contributed by atoms with E-state index in [1.165, 1.54) is 23.6 Å². The average molecular weight is 501 g/mol. The Morgan fingerprint density at radius 3 is 2.40 bits per heavy atom. The van der Waals surface area contributed by atoms with Crippen molar-refractivity contribution in [2.24, 2.45) is 0 Å². The summed E-state index contributed by atoms with van der Waals surface area (Å²) in [5.41, 5.74) is 0.952. The zero-order chi connectivity index (χ0) is 25.6. The van der Waals surface area contributed by atoms with Crippen molar-refractivity contribution < 1.29 is 8.42 Å². The van der Waals surface area contributed by atoms with Crippen molar-refractivity contribution in [1.29, 1.82) is 5.41 Å². The Morgan fingerprint density at radius 1 is 1.14 bits per heavy atom. The van der Waals surface area contributed by atoms with Gasteiger partial charge in [0.25, 0.3) is 0 Å². The van der Waals surface area contributed by atoms with E-state index in [4.69, 9.17) is 10.4 Å². The molecule has 1 aliphatic rings. The molecular weight excluding hydrogens is 460 g/mol. The van der Waals surface area contributed by atoms with Gasteiger partial charge in [0.05, 0.1) is 16.2 Å². The molecular formula is C26H40N6O2S.